The van der Waals surface area contributed by atoms with Gasteiger partial charge in [-0.25, -0.2) is 0 Å². The molecule has 0 rings (SSSR count). The van der Waals surface area contributed by atoms with E-state index in [1.165, 1.54) is 0 Å². The molecule has 0 saturated carbocycles. The summed E-state index contributed by atoms with van der Waals surface area (Å²) in [6, 6.07) is 0.251. The average molecular weight is 282 g/mol. The lowest BCUT2D eigenvalue weighted by Gasteiger charge is -2.31. The summed E-state index contributed by atoms with van der Waals surface area (Å²) in [7, 11) is 0. The standard InChI is InChI=1S/C10H20BrNOS/c1-10(2,3)8(5-6-11)12-9(13)7-14-4/h8H,5-7H2,1-4H3,(H,12,13). The Morgan fingerprint density at radius 1 is 1.50 bits per heavy atom. The van der Waals surface area contributed by atoms with Crippen molar-refractivity contribution in [2.45, 2.75) is 33.2 Å². The third-order valence-electron chi connectivity index (χ3n) is 2.05. The van der Waals surface area contributed by atoms with Gasteiger partial charge in [0.1, 0.15) is 0 Å². The van der Waals surface area contributed by atoms with Gasteiger partial charge in [-0.1, -0.05) is 36.7 Å². The molecular weight excluding hydrogens is 262 g/mol. The molecule has 4 heteroatoms. The van der Waals surface area contributed by atoms with Crippen LogP contribution in [0, 0.1) is 5.41 Å². The molecule has 0 spiro atoms. The summed E-state index contributed by atoms with van der Waals surface area (Å²) in [4.78, 5) is 11.4. The minimum Gasteiger partial charge on any atom is -0.352 e. The van der Waals surface area contributed by atoms with Crippen molar-refractivity contribution in [2.75, 3.05) is 17.3 Å². The van der Waals surface area contributed by atoms with E-state index in [1.807, 2.05) is 6.26 Å². The highest BCUT2D eigenvalue weighted by molar-refractivity contribution is 9.09. The van der Waals surface area contributed by atoms with Gasteiger partial charge < -0.3 is 5.32 Å². The van der Waals surface area contributed by atoms with Crippen molar-refractivity contribution >= 4 is 33.6 Å². The third kappa shape index (κ3) is 5.91. The number of carbonyl (C=O) groups excluding carboxylic acids is 1. The first-order chi connectivity index (χ1) is 6.41. The first kappa shape index (κ1) is 14.3. The molecule has 0 aromatic rings. The van der Waals surface area contributed by atoms with Crippen molar-refractivity contribution in [3.05, 3.63) is 0 Å². The Bertz CT molecular complexity index is 179. The molecule has 0 aromatic carbocycles. The molecule has 0 saturated heterocycles. The smallest absolute Gasteiger partial charge is 0.230 e. The Morgan fingerprint density at radius 3 is 2.43 bits per heavy atom. The number of alkyl halides is 1. The fourth-order valence-electron chi connectivity index (χ4n) is 1.20. The molecule has 0 aromatic heterocycles. The highest BCUT2D eigenvalue weighted by Gasteiger charge is 2.25. The first-order valence-electron chi connectivity index (χ1n) is 4.76. The highest BCUT2D eigenvalue weighted by atomic mass is 79.9. The molecule has 1 unspecified atom stereocenters. The third-order valence-corrected chi connectivity index (χ3v) is 3.06. The largest absolute Gasteiger partial charge is 0.352 e. The summed E-state index contributed by atoms with van der Waals surface area (Å²) in [6.45, 7) is 6.46. The molecular formula is C10H20BrNOS. The predicted octanol–water partition coefficient (Wildman–Crippen LogP) is 2.67. The second-order valence-corrected chi connectivity index (χ2v) is 6.06. The van der Waals surface area contributed by atoms with Crippen LogP contribution >= 0.6 is 27.7 Å². The van der Waals surface area contributed by atoms with E-state index in [0.29, 0.717) is 5.75 Å². The van der Waals surface area contributed by atoms with Crippen LogP contribution in [0.1, 0.15) is 27.2 Å². The zero-order chi connectivity index (χ0) is 11.2. The Labute approximate surface area is 99.7 Å². The van der Waals surface area contributed by atoms with Gasteiger partial charge in [-0.15, -0.1) is 0 Å². The monoisotopic (exact) mass is 281 g/mol. The summed E-state index contributed by atoms with van der Waals surface area (Å²) < 4.78 is 0. The van der Waals surface area contributed by atoms with Gasteiger partial charge in [-0.05, 0) is 18.1 Å². The van der Waals surface area contributed by atoms with Crippen LogP contribution in [0.2, 0.25) is 0 Å². The van der Waals surface area contributed by atoms with E-state index in [4.69, 9.17) is 0 Å². The summed E-state index contributed by atoms with van der Waals surface area (Å²) in [6.07, 6.45) is 2.92. The fourth-order valence-corrected chi connectivity index (χ4v) is 2.00. The van der Waals surface area contributed by atoms with Crippen molar-refractivity contribution in [3.63, 3.8) is 0 Å². The Hall–Kier alpha value is 0.300. The summed E-state index contributed by atoms with van der Waals surface area (Å²) in [5.74, 6) is 0.688. The zero-order valence-electron chi connectivity index (χ0n) is 9.39. The topological polar surface area (TPSA) is 29.1 Å². The van der Waals surface area contributed by atoms with Gasteiger partial charge in [0.15, 0.2) is 0 Å². The van der Waals surface area contributed by atoms with Crippen LogP contribution in [-0.2, 0) is 4.79 Å². The first-order valence-corrected chi connectivity index (χ1v) is 7.27. The van der Waals surface area contributed by atoms with E-state index in [2.05, 4.69) is 42.0 Å². The normalized spacial score (nSPS) is 13.8. The lowest BCUT2D eigenvalue weighted by Crippen LogP contribution is -2.44. The molecule has 0 radical (unpaired) electrons. The fraction of sp³-hybridized carbons (Fsp3) is 0.900. The van der Waals surface area contributed by atoms with Crippen LogP contribution in [0.25, 0.3) is 0 Å². The average Bonchev–Trinajstić information content (AvgIpc) is 2.02. The van der Waals surface area contributed by atoms with Crippen LogP contribution in [0.5, 0.6) is 0 Å². The molecule has 0 fully saturated rings. The highest BCUT2D eigenvalue weighted by Crippen LogP contribution is 2.22. The molecule has 1 N–H and O–H groups in total. The Kier molecular flexibility index (Phi) is 6.87. The lowest BCUT2D eigenvalue weighted by atomic mass is 9.85. The van der Waals surface area contributed by atoms with E-state index in [-0.39, 0.29) is 17.4 Å². The summed E-state index contributed by atoms with van der Waals surface area (Å²) >= 11 is 4.97. The van der Waals surface area contributed by atoms with Gasteiger partial charge in [0, 0.05) is 11.4 Å². The van der Waals surface area contributed by atoms with Gasteiger partial charge in [-0.3, -0.25) is 4.79 Å². The van der Waals surface area contributed by atoms with Crippen LogP contribution in [0.3, 0.4) is 0 Å². The summed E-state index contributed by atoms with van der Waals surface area (Å²) in [5.41, 5.74) is 0.127. The SMILES string of the molecule is CSCC(=O)NC(CCBr)C(C)(C)C. The zero-order valence-corrected chi connectivity index (χ0v) is 11.8. The minimum absolute atomic E-state index is 0.127. The molecule has 1 amide bonds. The van der Waals surface area contributed by atoms with Gasteiger partial charge in [0.2, 0.25) is 5.91 Å². The van der Waals surface area contributed by atoms with Crippen molar-refractivity contribution in [1.82, 2.24) is 5.32 Å². The molecule has 2 nitrogen and oxygen atoms in total. The van der Waals surface area contributed by atoms with Gasteiger partial charge in [-0.2, -0.15) is 11.8 Å². The summed E-state index contributed by atoms with van der Waals surface area (Å²) in [5, 5.41) is 3.99. The number of hydrogen-bond acceptors (Lipinski definition) is 2. The van der Waals surface area contributed by atoms with E-state index < -0.39 is 0 Å². The van der Waals surface area contributed by atoms with Gasteiger partial charge in [0.05, 0.1) is 5.75 Å². The Balaban J connectivity index is 4.16. The number of rotatable bonds is 5. The maximum atomic E-state index is 11.4. The molecule has 0 bridgehead atoms. The van der Waals surface area contributed by atoms with E-state index in [9.17, 15) is 4.79 Å². The molecule has 1 atom stereocenters. The predicted molar refractivity (Wildman–Crippen MR) is 68.2 cm³/mol. The second kappa shape index (κ2) is 6.72. The number of hydrogen-bond donors (Lipinski definition) is 1. The van der Waals surface area contributed by atoms with Crippen molar-refractivity contribution < 1.29 is 4.79 Å². The molecule has 0 heterocycles. The van der Waals surface area contributed by atoms with Crippen molar-refractivity contribution in [3.8, 4) is 0 Å². The molecule has 84 valence electrons. The quantitative estimate of drug-likeness (QED) is 0.785. The lowest BCUT2D eigenvalue weighted by molar-refractivity contribution is -0.120. The number of amides is 1. The van der Waals surface area contributed by atoms with Gasteiger partial charge in [0.25, 0.3) is 0 Å². The Morgan fingerprint density at radius 2 is 2.07 bits per heavy atom. The van der Waals surface area contributed by atoms with Gasteiger partial charge >= 0.3 is 0 Å². The van der Waals surface area contributed by atoms with E-state index >= 15 is 0 Å². The number of halogens is 1. The van der Waals surface area contributed by atoms with Crippen LogP contribution in [0.4, 0.5) is 0 Å². The van der Waals surface area contributed by atoms with E-state index in [0.717, 1.165) is 11.8 Å². The second-order valence-electron chi connectivity index (χ2n) is 4.40. The maximum Gasteiger partial charge on any atom is 0.230 e. The maximum absolute atomic E-state index is 11.4. The van der Waals surface area contributed by atoms with Crippen molar-refractivity contribution in [2.24, 2.45) is 5.41 Å². The van der Waals surface area contributed by atoms with Crippen LogP contribution in [0.15, 0.2) is 0 Å². The molecule has 0 aliphatic heterocycles. The minimum atomic E-state index is 0.127. The molecule has 0 aliphatic carbocycles. The van der Waals surface area contributed by atoms with Crippen LogP contribution < -0.4 is 5.32 Å². The van der Waals surface area contributed by atoms with E-state index in [1.54, 1.807) is 11.8 Å². The number of carbonyl (C=O) groups is 1. The molecule has 0 aliphatic rings. The number of thioether (sulfide) groups is 1. The number of nitrogens with one attached hydrogen (secondary N) is 1. The van der Waals surface area contributed by atoms with Crippen LogP contribution in [-0.4, -0.2) is 29.3 Å². The van der Waals surface area contributed by atoms with Crippen molar-refractivity contribution in [1.29, 1.82) is 0 Å². The molecule has 14 heavy (non-hydrogen) atoms.